The van der Waals surface area contributed by atoms with Gasteiger partial charge in [0, 0.05) is 17.6 Å². The van der Waals surface area contributed by atoms with Gasteiger partial charge >= 0.3 is 0 Å². The van der Waals surface area contributed by atoms with Crippen molar-refractivity contribution < 1.29 is 9.18 Å². The summed E-state index contributed by atoms with van der Waals surface area (Å²) in [4.78, 5) is 14.5. The first-order chi connectivity index (χ1) is 11.6. The second kappa shape index (κ2) is 7.90. The number of hydrogen-bond acceptors (Lipinski definition) is 2. The number of nitrogens with zero attached hydrogens (tertiary/aromatic N) is 1. The number of carbonyl (C=O) groups excluding carboxylic acids is 1. The topological polar surface area (TPSA) is 32.3 Å². The van der Waals surface area contributed by atoms with Crippen LogP contribution in [0.1, 0.15) is 34.3 Å². The molecule has 1 fully saturated rings. The van der Waals surface area contributed by atoms with Crippen LogP contribution in [-0.4, -0.2) is 23.9 Å². The zero-order chi connectivity index (χ0) is 16.9. The van der Waals surface area contributed by atoms with Crippen molar-refractivity contribution in [2.75, 3.05) is 13.1 Å². The van der Waals surface area contributed by atoms with E-state index in [1.165, 1.54) is 43.6 Å². The molecule has 2 aromatic rings. The third kappa shape index (κ3) is 4.42. The Morgan fingerprint density at radius 2 is 1.75 bits per heavy atom. The molecular weight excluding hydrogens is 371 g/mol. The molecule has 1 aliphatic heterocycles. The van der Waals surface area contributed by atoms with Crippen molar-refractivity contribution in [1.82, 2.24) is 10.2 Å². The molecule has 1 saturated heterocycles. The molecule has 126 valence electrons. The lowest BCUT2D eigenvalue weighted by Crippen LogP contribution is -2.24. The van der Waals surface area contributed by atoms with Crippen molar-refractivity contribution >= 4 is 21.8 Å². The molecule has 24 heavy (non-hydrogen) atoms. The van der Waals surface area contributed by atoms with Gasteiger partial charge in [-0.15, -0.1) is 0 Å². The molecule has 0 radical (unpaired) electrons. The summed E-state index contributed by atoms with van der Waals surface area (Å²) in [5.74, 6) is -0.927. The van der Waals surface area contributed by atoms with Gasteiger partial charge in [-0.2, -0.15) is 0 Å². The van der Waals surface area contributed by atoms with Crippen LogP contribution < -0.4 is 5.32 Å². The lowest BCUT2D eigenvalue weighted by atomic mass is 10.1. The predicted octanol–water partition coefficient (Wildman–Crippen LogP) is 4.11. The summed E-state index contributed by atoms with van der Waals surface area (Å²) < 4.78 is 14.4. The van der Waals surface area contributed by atoms with Gasteiger partial charge in [0.15, 0.2) is 0 Å². The highest BCUT2D eigenvalue weighted by Crippen LogP contribution is 2.16. The molecule has 1 amide bonds. The van der Waals surface area contributed by atoms with Gasteiger partial charge in [0.05, 0.1) is 5.56 Å². The van der Waals surface area contributed by atoms with Gasteiger partial charge in [0.1, 0.15) is 5.82 Å². The molecule has 3 rings (SSSR count). The normalized spacial score (nSPS) is 14.8. The summed E-state index contributed by atoms with van der Waals surface area (Å²) in [5.41, 5.74) is 2.35. The van der Waals surface area contributed by atoms with Gasteiger partial charge in [0.2, 0.25) is 0 Å². The Kier molecular flexibility index (Phi) is 5.63. The lowest BCUT2D eigenvalue weighted by Gasteiger charge is -2.14. The molecule has 0 saturated carbocycles. The number of amides is 1. The van der Waals surface area contributed by atoms with E-state index in [4.69, 9.17) is 0 Å². The number of likely N-dealkylation sites (tertiary alicyclic amines) is 1. The first-order valence-corrected chi connectivity index (χ1v) is 8.94. The van der Waals surface area contributed by atoms with Gasteiger partial charge in [-0.25, -0.2) is 4.39 Å². The fraction of sp³-hybridized carbons (Fsp3) is 0.316. The lowest BCUT2D eigenvalue weighted by molar-refractivity contribution is 0.0947. The largest absolute Gasteiger partial charge is 0.348 e. The fourth-order valence-corrected chi connectivity index (χ4v) is 3.25. The third-order valence-electron chi connectivity index (χ3n) is 4.26. The van der Waals surface area contributed by atoms with E-state index in [0.717, 1.165) is 12.1 Å². The highest BCUT2D eigenvalue weighted by atomic mass is 79.9. The van der Waals surface area contributed by atoms with Crippen LogP contribution in [0.15, 0.2) is 46.9 Å². The van der Waals surface area contributed by atoms with Crippen LogP contribution in [0, 0.1) is 5.82 Å². The average molecular weight is 391 g/mol. The number of rotatable bonds is 5. The molecular formula is C19H20BrFN2O. The summed E-state index contributed by atoms with van der Waals surface area (Å²) >= 11 is 3.18. The Morgan fingerprint density at radius 3 is 2.42 bits per heavy atom. The summed E-state index contributed by atoms with van der Waals surface area (Å²) in [6.07, 6.45) is 2.58. The van der Waals surface area contributed by atoms with E-state index in [2.05, 4.69) is 38.3 Å². The summed E-state index contributed by atoms with van der Waals surface area (Å²) in [6, 6.07) is 12.7. The Hall–Kier alpha value is -1.72. The van der Waals surface area contributed by atoms with Crippen molar-refractivity contribution in [3.05, 3.63) is 69.4 Å². The van der Waals surface area contributed by atoms with E-state index in [1.807, 2.05) is 12.1 Å². The quantitative estimate of drug-likeness (QED) is 0.832. The minimum Gasteiger partial charge on any atom is -0.348 e. The number of carbonyl (C=O) groups is 1. The predicted molar refractivity (Wildman–Crippen MR) is 96.2 cm³/mol. The molecule has 0 bridgehead atoms. The first kappa shape index (κ1) is 17.1. The van der Waals surface area contributed by atoms with E-state index < -0.39 is 11.7 Å². The minimum absolute atomic E-state index is 0.0591. The van der Waals surface area contributed by atoms with Gasteiger partial charge in [0.25, 0.3) is 5.91 Å². The van der Waals surface area contributed by atoms with Crippen LogP contribution in [-0.2, 0) is 13.1 Å². The van der Waals surface area contributed by atoms with Crippen molar-refractivity contribution in [3.63, 3.8) is 0 Å². The van der Waals surface area contributed by atoms with Crippen molar-refractivity contribution in [1.29, 1.82) is 0 Å². The standard InChI is InChI=1S/C19H20BrFN2O/c20-16-7-8-17(18(21)11-16)19(24)22-12-14-3-5-15(6-4-14)13-23-9-1-2-10-23/h3-8,11H,1-2,9-10,12-13H2,(H,22,24). The number of halogens is 2. The summed E-state index contributed by atoms with van der Waals surface area (Å²) in [5, 5.41) is 2.76. The highest BCUT2D eigenvalue weighted by molar-refractivity contribution is 9.10. The molecule has 1 aliphatic rings. The maximum Gasteiger partial charge on any atom is 0.254 e. The fourth-order valence-electron chi connectivity index (χ4n) is 2.91. The molecule has 0 spiro atoms. The average Bonchev–Trinajstić information content (AvgIpc) is 3.07. The van der Waals surface area contributed by atoms with E-state index in [9.17, 15) is 9.18 Å². The van der Waals surface area contributed by atoms with E-state index in [-0.39, 0.29) is 5.56 Å². The van der Waals surface area contributed by atoms with Crippen molar-refractivity contribution in [3.8, 4) is 0 Å². The smallest absolute Gasteiger partial charge is 0.254 e. The van der Waals surface area contributed by atoms with Crippen LogP contribution in [0.5, 0.6) is 0 Å². The Morgan fingerprint density at radius 1 is 1.08 bits per heavy atom. The SMILES string of the molecule is O=C(NCc1ccc(CN2CCCC2)cc1)c1ccc(Br)cc1F. The molecule has 1 heterocycles. The zero-order valence-corrected chi connectivity index (χ0v) is 15.0. The maximum absolute atomic E-state index is 13.8. The molecule has 0 aromatic heterocycles. The zero-order valence-electron chi connectivity index (χ0n) is 13.4. The van der Waals surface area contributed by atoms with E-state index >= 15 is 0 Å². The molecule has 5 heteroatoms. The Bertz CT molecular complexity index is 712. The van der Waals surface area contributed by atoms with E-state index in [1.54, 1.807) is 6.07 Å². The molecule has 3 nitrogen and oxygen atoms in total. The highest BCUT2D eigenvalue weighted by Gasteiger charge is 2.13. The summed E-state index contributed by atoms with van der Waals surface area (Å²) in [7, 11) is 0. The van der Waals surface area contributed by atoms with Gasteiger partial charge in [-0.3, -0.25) is 9.69 Å². The van der Waals surface area contributed by atoms with Gasteiger partial charge in [-0.1, -0.05) is 40.2 Å². The van der Waals surface area contributed by atoms with Crippen LogP contribution in [0.25, 0.3) is 0 Å². The number of nitrogens with one attached hydrogen (secondary N) is 1. The summed E-state index contributed by atoms with van der Waals surface area (Å²) in [6.45, 7) is 3.72. The molecule has 2 aromatic carbocycles. The number of hydrogen-bond donors (Lipinski definition) is 1. The van der Waals surface area contributed by atoms with Crippen molar-refractivity contribution in [2.24, 2.45) is 0 Å². The maximum atomic E-state index is 13.8. The first-order valence-electron chi connectivity index (χ1n) is 8.15. The second-order valence-electron chi connectivity index (χ2n) is 6.11. The molecule has 0 aliphatic carbocycles. The van der Waals surface area contributed by atoms with Gasteiger partial charge < -0.3 is 5.32 Å². The second-order valence-corrected chi connectivity index (χ2v) is 7.02. The van der Waals surface area contributed by atoms with Gasteiger partial charge in [-0.05, 0) is 55.3 Å². The van der Waals surface area contributed by atoms with Crippen molar-refractivity contribution in [2.45, 2.75) is 25.9 Å². The Labute approximate surface area is 150 Å². The van der Waals surface area contributed by atoms with Crippen LogP contribution >= 0.6 is 15.9 Å². The van der Waals surface area contributed by atoms with Crippen LogP contribution in [0.2, 0.25) is 0 Å². The Balaban J connectivity index is 1.55. The van der Waals surface area contributed by atoms with Crippen LogP contribution in [0.4, 0.5) is 4.39 Å². The monoisotopic (exact) mass is 390 g/mol. The third-order valence-corrected chi connectivity index (χ3v) is 4.75. The van der Waals surface area contributed by atoms with E-state index in [0.29, 0.717) is 11.0 Å². The molecule has 0 atom stereocenters. The molecule has 1 N–H and O–H groups in total. The molecule has 0 unspecified atom stereocenters. The number of benzene rings is 2. The minimum atomic E-state index is -0.525. The van der Waals surface area contributed by atoms with Crippen LogP contribution in [0.3, 0.4) is 0 Å².